The van der Waals surface area contributed by atoms with Gasteiger partial charge in [0.2, 0.25) is 0 Å². The van der Waals surface area contributed by atoms with Crippen molar-refractivity contribution in [3.63, 3.8) is 0 Å². The maximum absolute atomic E-state index is 2.36. The van der Waals surface area contributed by atoms with Gasteiger partial charge < -0.3 is 33.8 Å². The molecule has 0 aromatic heterocycles. The number of quaternary nitrogens is 2. The molecule has 0 spiro atoms. The van der Waals surface area contributed by atoms with Gasteiger partial charge in [0.1, 0.15) is 0 Å². The van der Waals surface area contributed by atoms with Crippen LogP contribution in [-0.4, -0.2) is 61.3 Å². The first-order chi connectivity index (χ1) is 12.6. The highest BCUT2D eigenvalue weighted by molar-refractivity contribution is 4.50. The van der Waals surface area contributed by atoms with Crippen molar-refractivity contribution < 1.29 is 33.8 Å². The van der Waals surface area contributed by atoms with Gasteiger partial charge >= 0.3 is 0 Å². The van der Waals surface area contributed by atoms with Crippen LogP contribution in [0.3, 0.4) is 0 Å². The molecule has 28 heavy (non-hydrogen) atoms. The second kappa shape index (κ2) is 20.8. The lowest BCUT2D eigenvalue weighted by molar-refractivity contribution is -0.923. The fourth-order valence-electron chi connectivity index (χ4n) is 4.60. The van der Waals surface area contributed by atoms with E-state index in [9.17, 15) is 0 Å². The number of nitrogens with zero attached hydrogens (tertiary/aromatic N) is 2. The third kappa shape index (κ3) is 13.7. The van der Waals surface area contributed by atoms with Gasteiger partial charge in [0.15, 0.2) is 0 Å². The summed E-state index contributed by atoms with van der Waals surface area (Å²) in [5, 5.41) is 0. The molecule has 0 saturated heterocycles. The molecule has 0 N–H and O–H groups in total. The van der Waals surface area contributed by atoms with Gasteiger partial charge in [0, 0.05) is 0 Å². The minimum Gasteiger partial charge on any atom is -1.00 e. The summed E-state index contributed by atoms with van der Waals surface area (Å²) in [7, 11) is 0. The molecule has 0 aliphatic rings. The van der Waals surface area contributed by atoms with Gasteiger partial charge in [-0.2, -0.15) is 0 Å². The van der Waals surface area contributed by atoms with Gasteiger partial charge in [-0.15, -0.1) is 0 Å². The van der Waals surface area contributed by atoms with Crippen LogP contribution in [0.2, 0.25) is 0 Å². The Kier molecular flexibility index (Phi) is 24.6. The molecule has 174 valence electrons. The lowest BCUT2D eigenvalue weighted by Crippen LogP contribution is -3.00. The first-order valence-electron chi connectivity index (χ1n) is 12.3. The highest BCUT2D eigenvalue weighted by Gasteiger charge is 2.20. The molecule has 0 aromatic rings. The average molecular weight is 442 g/mol. The van der Waals surface area contributed by atoms with Crippen LogP contribution in [0, 0.1) is 0 Å². The third-order valence-electron chi connectivity index (χ3n) is 7.54. The summed E-state index contributed by atoms with van der Waals surface area (Å²) in [6.45, 7) is 24.8. The molecule has 4 heteroatoms. The fourth-order valence-corrected chi connectivity index (χ4v) is 4.60. The highest BCUT2D eigenvalue weighted by atomic mass is 35.5. The smallest absolute Gasteiger partial charge is 0.0786 e. The molecule has 0 atom stereocenters. The van der Waals surface area contributed by atoms with E-state index >= 15 is 0 Å². The summed E-state index contributed by atoms with van der Waals surface area (Å²) in [5.41, 5.74) is 0. The van der Waals surface area contributed by atoms with E-state index in [4.69, 9.17) is 0 Å². The lowest BCUT2D eigenvalue weighted by atomic mass is 10.1. The van der Waals surface area contributed by atoms with Crippen LogP contribution in [-0.2, 0) is 0 Å². The Balaban J connectivity index is -0.00000312. The Morgan fingerprint density at radius 3 is 0.679 bits per heavy atom. The topological polar surface area (TPSA) is 0 Å². The number of unbranched alkanes of at least 4 members (excludes halogenated alkanes) is 9. The second-order valence-corrected chi connectivity index (χ2v) is 8.56. The van der Waals surface area contributed by atoms with Crippen molar-refractivity contribution in [3.05, 3.63) is 0 Å². The van der Waals surface area contributed by atoms with E-state index in [1.165, 1.54) is 126 Å². The van der Waals surface area contributed by atoms with Crippen LogP contribution in [0.25, 0.3) is 0 Å². The van der Waals surface area contributed by atoms with E-state index < -0.39 is 0 Å². The number of hydrogen-bond acceptors (Lipinski definition) is 0. The average Bonchev–Trinajstić information content (AvgIpc) is 2.69. The summed E-state index contributed by atoms with van der Waals surface area (Å²) in [6.07, 6.45) is 14.5. The third-order valence-corrected chi connectivity index (χ3v) is 7.54. The minimum absolute atomic E-state index is 0. The zero-order chi connectivity index (χ0) is 19.7. The molecule has 0 heterocycles. The van der Waals surface area contributed by atoms with E-state index in [1.807, 2.05) is 0 Å². The molecular weight excluding hydrogens is 387 g/mol. The Morgan fingerprint density at radius 1 is 0.321 bits per heavy atom. The van der Waals surface area contributed by atoms with Crippen molar-refractivity contribution in [1.82, 2.24) is 0 Å². The molecule has 0 unspecified atom stereocenters. The van der Waals surface area contributed by atoms with Gasteiger partial charge in [0.05, 0.1) is 52.4 Å². The highest BCUT2D eigenvalue weighted by Crippen LogP contribution is 2.15. The van der Waals surface area contributed by atoms with Gasteiger partial charge in [-0.05, 0) is 67.2 Å². The molecule has 0 radical (unpaired) electrons. The predicted octanol–water partition coefficient (Wildman–Crippen LogP) is 0.648. The van der Waals surface area contributed by atoms with Crippen LogP contribution in [0.5, 0.6) is 0 Å². The minimum atomic E-state index is 0. The van der Waals surface area contributed by atoms with Gasteiger partial charge in [-0.3, -0.25) is 0 Å². The van der Waals surface area contributed by atoms with E-state index in [-0.39, 0.29) is 24.8 Å². The van der Waals surface area contributed by atoms with Crippen LogP contribution in [0.1, 0.15) is 106 Å². The van der Waals surface area contributed by atoms with Crippen molar-refractivity contribution in [2.75, 3.05) is 52.4 Å². The molecule has 0 aliphatic heterocycles. The quantitative estimate of drug-likeness (QED) is 0.204. The Labute approximate surface area is 191 Å². The van der Waals surface area contributed by atoms with Crippen molar-refractivity contribution in [3.8, 4) is 0 Å². The van der Waals surface area contributed by atoms with Crippen molar-refractivity contribution >= 4 is 0 Å². The van der Waals surface area contributed by atoms with Crippen molar-refractivity contribution in [1.29, 1.82) is 0 Å². The second-order valence-electron chi connectivity index (χ2n) is 8.56. The Morgan fingerprint density at radius 2 is 0.500 bits per heavy atom. The largest absolute Gasteiger partial charge is 1.00 e. The lowest BCUT2D eigenvalue weighted by Gasteiger charge is -2.35. The van der Waals surface area contributed by atoms with Gasteiger partial charge in [-0.25, -0.2) is 0 Å². The van der Waals surface area contributed by atoms with Crippen LogP contribution < -0.4 is 24.8 Å². The first kappa shape index (κ1) is 33.1. The SMILES string of the molecule is CC[N+](CC)(CC)CCCCCCCCCCCC[N+](CC)(CC)CC.[Cl-].[Cl-]. The zero-order valence-electron chi connectivity index (χ0n) is 20.4. The molecule has 0 saturated carbocycles. The normalized spacial score (nSPS) is 11.8. The summed E-state index contributed by atoms with van der Waals surface area (Å²) in [4.78, 5) is 0. The molecular formula is C24H54Cl2N2. The summed E-state index contributed by atoms with van der Waals surface area (Å²) < 4.78 is 2.65. The summed E-state index contributed by atoms with van der Waals surface area (Å²) in [6, 6.07) is 0. The summed E-state index contributed by atoms with van der Waals surface area (Å²) >= 11 is 0. The standard InChI is InChI=1S/C24H54N2.2ClH/c1-7-25(8-2,9-3)23-21-19-17-15-13-14-16-18-20-22-24-26(10-4,11-5)12-6;;/h7-24H2,1-6H3;2*1H/q+2;;/p-2. The van der Waals surface area contributed by atoms with E-state index in [0.717, 1.165) is 0 Å². The number of rotatable bonds is 19. The monoisotopic (exact) mass is 440 g/mol. The van der Waals surface area contributed by atoms with E-state index in [0.29, 0.717) is 0 Å². The van der Waals surface area contributed by atoms with Gasteiger partial charge in [-0.1, -0.05) is 38.5 Å². The molecule has 0 rings (SSSR count). The van der Waals surface area contributed by atoms with Crippen LogP contribution in [0.15, 0.2) is 0 Å². The predicted molar refractivity (Wildman–Crippen MR) is 120 cm³/mol. The molecule has 0 fully saturated rings. The fraction of sp³-hybridized carbons (Fsp3) is 1.00. The summed E-state index contributed by atoms with van der Waals surface area (Å²) in [5.74, 6) is 0. The number of hydrogen-bond donors (Lipinski definition) is 0. The zero-order valence-corrected chi connectivity index (χ0v) is 21.9. The van der Waals surface area contributed by atoms with E-state index in [1.54, 1.807) is 0 Å². The molecule has 2 nitrogen and oxygen atoms in total. The molecule has 0 bridgehead atoms. The molecule has 0 aromatic carbocycles. The first-order valence-corrected chi connectivity index (χ1v) is 12.3. The maximum atomic E-state index is 2.36. The Hall–Kier alpha value is 0.500. The van der Waals surface area contributed by atoms with E-state index in [2.05, 4.69) is 41.5 Å². The van der Waals surface area contributed by atoms with Gasteiger partial charge in [0.25, 0.3) is 0 Å². The van der Waals surface area contributed by atoms with Crippen molar-refractivity contribution in [2.24, 2.45) is 0 Å². The van der Waals surface area contributed by atoms with Crippen molar-refractivity contribution in [2.45, 2.75) is 106 Å². The maximum Gasteiger partial charge on any atom is 0.0786 e. The Bertz CT molecular complexity index is 256. The number of halogens is 2. The molecule has 0 aliphatic carbocycles. The van der Waals surface area contributed by atoms with Crippen LogP contribution in [0.4, 0.5) is 0 Å². The van der Waals surface area contributed by atoms with Crippen LogP contribution >= 0.6 is 0 Å². The molecule has 0 amide bonds.